The summed E-state index contributed by atoms with van der Waals surface area (Å²) in [6.07, 6.45) is 3.38. The molecule has 0 aromatic heterocycles. The normalized spacial score (nSPS) is 23.1. The third-order valence-corrected chi connectivity index (χ3v) is 6.00. The van der Waals surface area contributed by atoms with E-state index in [1.807, 2.05) is 41.7 Å². The monoisotopic (exact) mass is 423 g/mol. The maximum absolute atomic E-state index is 13.5. The first-order valence-electron chi connectivity index (χ1n) is 10.9. The number of nitrogens with zero attached hydrogens (tertiary/aromatic N) is 2. The molecule has 1 heterocycles. The third kappa shape index (κ3) is 6.83. The highest BCUT2D eigenvalue weighted by Crippen LogP contribution is 2.25. The van der Waals surface area contributed by atoms with Gasteiger partial charge in [-0.1, -0.05) is 47.6 Å². The molecule has 30 heavy (non-hydrogen) atoms. The Bertz CT molecular complexity index is 666. The molecular weight excluding hydrogens is 382 g/mol. The van der Waals surface area contributed by atoms with Gasteiger partial charge in [0, 0.05) is 19.2 Å². The van der Waals surface area contributed by atoms with Crippen LogP contribution >= 0.6 is 0 Å². The van der Waals surface area contributed by atoms with Gasteiger partial charge in [-0.2, -0.15) is 0 Å². The number of carboxylic acid groups (broad SMARTS) is 1. The van der Waals surface area contributed by atoms with Gasteiger partial charge in [-0.25, -0.2) is 4.79 Å². The lowest BCUT2D eigenvalue weighted by atomic mass is 9.84. The van der Waals surface area contributed by atoms with Crippen molar-refractivity contribution in [1.82, 2.24) is 15.1 Å². The van der Waals surface area contributed by atoms with Gasteiger partial charge < -0.3 is 15.3 Å². The summed E-state index contributed by atoms with van der Waals surface area (Å²) in [4.78, 5) is 41.4. The zero-order valence-corrected chi connectivity index (χ0v) is 20.2. The summed E-state index contributed by atoms with van der Waals surface area (Å²) in [7, 11) is 3.63. The van der Waals surface area contributed by atoms with Gasteiger partial charge in [-0.3, -0.25) is 14.5 Å². The average Bonchev–Trinajstić information content (AvgIpc) is 2.61. The van der Waals surface area contributed by atoms with E-state index in [9.17, 15) is 19.5 Å². The van der Waals surface area contributed by atoms with E-state index in [1.165, 1.54) is 6.92 Å². The van der Waals surface area contributed by atoms with Crippen LogP contribution in [0.5, 0.6) is 0 Å². The minimum Gasteiger partial charge on any atom is -0.478 e. The number of hydrogen-bond donors (Lipinski definition) is 2. The molecule has 4 atom stereocenters. The zero-order valence-electron chi connectivity index (χ0n) is 20.2. The molecule has 172 valence electrons. The number of aliphatic carboxylic acids is 1. The lowest BCUT2D eigenvalue weighted by Crippen LogP contribution is -2.60. The highest BCUT2D eigenvalue weighted by atomic mass is 16.4. The van der Waals surface area contributed by atoms with Gasteiger partial charge in [0.25, 0.3) is 0 Å². The number of amides is 2. The van der Waals surface area contributed by atoms with Crippen molar-refractivity contribution in [1.29, 1.82) is 0 Å². The van der Waals surface area contributed by atoms with Crippen LogP contribution in [0, 0.1) is 17.3 Å². The molecule has 0 radical (unpaired) electrons. The second-order valence-electron chi connectivity index (χ2n) is 10.3. The van der Waals surface area contributed by atoms with Crippen LogP contribution in [-0.4, -0.2) is 71.5 Å². The molecule has 2 amide bonds. The molecule has 1 aliphatic rings. The van der Waals surface area contributed by atoms with E-state index in [1.54, 1.807) is 18.0 Å². The number of carboxylic acids is 1. The molecule has 0 bridgehead atoms. The van der Waals surface area contributed by atoms with Gasteiger partial charge in [0.2, 0.25) is 11.8 Å². The Kier molecular flexibility index (Phi) is 9.08. The Balaban J connectivity index is 3.09. The number of carbonyl (C=O) groups is 3. The van der Waals surface area contributed by atoms with Gasteiger partial charge in [-0.05, 0) is 44.1 Å². The molecule has 0 spiro atoms. The molecule has 7 heteroatoms. The van der Waals surface area contributed by atoms with Crippen LogP contribution in [-0.2, 0) is 14.4 Å². The number of hydrogen-bond acceptors (Lipinski definition) is 4. The molecule has 1 aliphatic heterocycles. The van der Waals surface area contributed by atoms with Crippen molar-refractivity contribution in [2.24, 2.45) is 17.3 Å². The maximum atomic E-state index is 13.5. The lowest BCUT2D eigenvalue weighted by Gasteiger charge is -2.40. The van der Waals surface area contributed by atoms with Crippen LogP contribution < -0.4 is 5.32 Å². The molecule has 1 unspecified atom stereocenters. The van der Waals surface area contributed by atoms with Crippen LogP contribution in [0.3, 0.4) is 0 Å². The number of carbonyl (C=O) groups excluding carboxylic acids is 2. The summed E-state index contributed by atoms with van der Waals surface area (Å²) in [6, 6.07) is -1.32. The number of likely N-dealkylation sites (N-methyl/N-ethyl adjacent to an activating group) is 2. The van der Waals surface area contributed by atoms with Crippen molar-refractivity contribution in [3.05, 3.63) is 11.6 Å². The van der Waals surface area contributed by atoms with Gasteiger partial charge in [0.05, 0.1) is 12.1 Å². The van der Waals surface area contributed by atoms with E-state index >= 15 is 0 Å². The molecule has 0 saturated carbocycles. The highest BCUT2D eigenvalue weighted by molar-refractivity contribution is 5.91. The summed E-state index contributed by atoms with van der Waals surface area (Å²) < 4.78 is 0. The molecule has 7 nitrogen and oxygen atoms in total. The van der Waals surface area contributed by atoms with E-state index in [2.05, 4.69) is 17.1 Å². The Hall–Kier alpha value is -1.89. The topological polar surface area (TPSA) is 90.0 Å². The summed E-state index contributed by atoms with van der Waals surface area (Å²) in [5.74, 6) is -0.756. The molecule has 2 N–H and O–H groups in total. The Morgan fingerprint density at radius 1 is 1.20 bits per heavy atom. The van der Waals surface area contributed by atoms with E-state index in [0.717, 1.165) is 19.4 Å². The summed E-state index contributed by atoms with van der Waals surface area (Å²) in [5, 5.41) is 12.3. The van der Waals surface area contributed by atoms with Crippen molar-refractivity contribution in [2.45, 2.75) is 79.4 Å². The van der Waals surface area contributed by atoms with E-state index < -0.39 is 17.4 Å². The second kappa shape index (κ2) is 10.4. The number of likely N-dealkylation sites (tertiary alicyclic amines) is 1. The standard InChI is InChI=1S/C23H41N3O4/c1-14(2)18(12-16(4)22(29)30)26(9)21(28)19(23(5,6)7)24-20(27)17-11-10-15(3)13-25(17)8/h12,14-15,17-19H,10-11,13H2,1-9H3,(H,24,27)(H,29,30)/t15-,17?,18-,19-/m1/s1. The molecule has 1 saturated heterocycles. The molecule has 1 rings (SSSR count). The first-order valence-corrected chi connectivity index (χ1v) is 10.9. The number of nitrogens with one attached hydrogen (secondary N) is 1. The summed E-state index contributed by atoms with van der Waals surface area (Å²) >= 11 is 0. The fraction of sp³-hybridized carbons (Fsp3) is 0.783. The summed E-state index contributed by atoms with van der Waals surface area (Å²) in [6.45, 7) is 14.3. The highest BCUT2D eigenvalue weighted by Gasteiger charge is 2.39. The zero-order chi connectivity index (χ0) is 23.4. The van der Waals surface area contributed by atoms with Gasteiger partial charge in [-0.15, -0.1) is 0 Å². The quantitative estimate of drug-likeness (QED) is 0.615. The molecular formula is C23H41N3O4. The van der Waals surface area contributed by atoms with Crippen molar-refractivity contribution in [3.8, 4) is 0 Å². The van der Waals surface area contributed by atoms with Crippen LogP contribution in [0.1, 0.15) is 61.3 Å². The van der Waals surface area contributed by atoms with Crippen molar-refractivity contribution in [3.63, 3.8) is 0 Å². The third-order valence-electron chi connectivity index (χ3n) is 6.00. The van der Waals surface area contributed by atoms with Gasteiger partial charge in [0.15, 0.2) is 0 Å². The molecule has 1 fully saturated rings. The predicted molar refractivity (Wildman–Crippen MR) is 119 cm³/mol. The van der Waals surface area contributed by atoms with Crippen molar-refractivity contribution < 1.29 is 19.5 Å². The Morgan fingerprint density at radius 3 is 2.20 bits per heavy atom. The first-order chi connectivity index (χ1) is 13.7. The summed E-state index contributed by atoms with van der Waals surface area (Å²) in [5.41, 5.74) is -0.295. The minimum absolute atomic E-state index is 0.0236. The van der Waals surface area contributed by atoms with Crippen LogP contribution in [0.2, 0.25) is 0 Å². The molecule has 0 aliphatic carbocycles. The number of piperidine rings is 1. The Morgan fingerprint density at radius 2 is 1.77 bits per heavy atom. The van der Waals surface area contributed by atoms with Crippen LogP contribution in [0.15, 0.2) is 11.6 Å². The van der Waals surface area contributed by atoms with E-state index in [0.29, 0.717) is 5.92 Å². The minimum atomic E-state index is -1.00. The predicted octanol–water partition coefficient (Wildman–Crippen LogP) is 2.76. The van der Waals surface area contributed by atoms with E-state index in [-0.39, 0.29) is 35.4 Å². The van der Waals surface area contributed by atoms with Gasteiger partial charge in [0.1, 0.15) is 6.04 Å². The van der Waals surface area contributed by atoms with Crippen molar-refractivity contribution >= 4 is 17.8 Å². The average molecular weight is 424 g/mol. The molecule has 0 aromatic carbocycles. The van der Waals surface area contributed by atoms with Gasteiger partial charge >= 0.3 is 5.97 Å². The fourth-order valence-electron chi connectivity index (χ4n) is 4.02. The lowest BCUT2D eigenvalue weighted by molar-refractivity contribution is -0.141. The van der Waals surface area contributed by atoms with Crippen LogP contribution in [0.25, 0.3) is 0 Å². The Labute approximate surface area is 181 Å². The largest absolute Gasteiger partial charge is 0.478 e. The van der Waals surface area contributed by atoms with E-state index in [4.69, 9.17) is 0 Å². The second-order valence-corrected chi connectivity index (χ2v) is 10.3. The molecule has 0 aromatic rings. The number of rotatable bonds is 7. The van der Waals surface area contributed by atoms with Crippen LogP contribution in [0.4, 0.5) is 0 Å². The fourth-order valence-corrected chi connectivity index (χ4v) is 4.02. The maximum Gasteiger partial charge on any atom is 0.331 e. The van der Waals surface area contributed by atoms with Crippen molar-refractivity contribution in [2.75, 3.05) is 20.6 Å². The first kappa shape index (κ1) is 26.1. The SMILES string of the molecule is CC(=C[C@H](C(C)C)N(C)C(=O)[C@@H](NC(=O)C1CC[C@@H](C)CN1C)C(C)(C)C)C(=O)O. The smallest absolute Gasteiger partial charge is 0.331 e.